The van der Waals surface area contributed by atoms with Gasteiger partial charge in [0.2, 0.25) is 0 Å². The summed E-state index contributed by atoms with van der Waals surface area (Å²) in [5.74, 6) is 0.525. The summed E-state index contributed by atoms with van der Waals surface area (Å²) in [7, 11) is 2.14. The fourth-order valence-corrected chi connectivity index (χ4v) is 6.25. The maximum atomic E-state index is 4.54. The Morgan fingerprint density at radius 2 is 1.75 bits per heavy atom. The molecule has 0 heterocycles. The van der Waals surface area contributed by atoms with E-state index >= 15 is 0 Å². The second-order valence-corrected chi connectivity index (χ2v) is 12.0. The van der Waals surface area contributed by atoms with Gasteiger partial charge in [0.25, 0.3) is 0 Å². The van der Waals surface area contributed by atoms with Crippen molar-refractivity contribution in [3.63, 3.8) is 0 Å². The number of allylic oxidation sites excluding steroid dienone is 16. The second-order valence-electron chi connectivity index (χ2n) is 12.0. The predicted octanol–water partition coefficient (Wildman–Crippen LogP) is 11.8. The third kappa shape index (κ3) is 6.58. The number of nitrogens with zero attached hydrogens (tertiary/aromatic N) is 1. The van der Waals surface area contributed by atoms with E-state index in [1.807, 2.05) is 6.08 Å². The van der Waals surface area contributed by atoms with Crippen LogP contribution < -0.4 is 4.90 Å². The van der Waals surface area contributed by atoms with Crippen molar-refractivity contribution >= 4 is 5.69 Å². The monoisotopic (exact) mass is 579 g/mol. The minimum Gasteiger partial charge on any atom is -0.345 e. The van der Waals surface area contributed by atoms with Crippen LogP contribution in [0.25, 0.3) is 11.1 Å². The number of benzene rings is 2. The molecular weight excluding hydrogens is 530 g/mol. The molecule has 0 aromatic heterocycles. The van der Waals surface area contributed by atoms with E-state index in [0.29, 0.717) is 5.92 Å². The Morgan fingerprint density at radius 1 is 1.00 bits per heavy atom. The highest BCUT2D eigenvalue weighted by molar-refractivity contribution is 5.73. The molecule has 3 unspecified atom stereocenters. The summed E-state index contributed by atoms with van der Waals surface area (Å²) < 4.78 is 0. The van der Waals surface area contributed by atoms with Gasteiger partial charge >= 0.3 is 0 Å². The molecule has 1 heteroatoms. The van der Waals surface area contributed by atoms with Crippen molar-refractivity contribution in [2.24, 2.45) is 11.8 Å². The van der Waals surface area contributed by atoms with E-state index < -0.39 is 5.41 Å². The lowest BCUT2D eigenvalue weighted by molar-refractivity contribution is 0.712. The van der Waals surface area contributed by atoms with E-state index in [-0.39, 0.29) is 5.92 Å². The first-order chi connectivity index (χ1) is 21.2. The average Bonchev–Trinajstić information content (AvgIpc) is 3.85. The van der Waals surface area contributed by atoms with Gasteiger partial charge in [0, 0.05) is 24.4 Å². The third-order valence-corrected chi connectivity index (χ3v) is 9.08. The normalized spacial score (nSPS) is 19.1. The van der Waals surface area contributed by atoms with E-state index in [4.69, 9.17) is 0 Å². The average molecular weight is 580 g/mol. The van der Waals surface area contributed by atoms with Gasteiger partial charge in [-0.05, 0) is 104 Å². The highest BCUT2D eigenvalue weighted by atomic mass is 15.1. The van der Waals surface area contributed by atoms with Crippen LogP contribution in [0.3, 0.4) is 0 Å². The van der Waals surface area contributed by atoms with Gasteiger partial charge in [0.1, 0.15) is 0 Å². The fourth-order valence-electron chi connectivity index (χ4n) is 6.25. The lowest BCUT2D eigenvalue weighted by atomic mass is 9.63. The third-order valence-electron chi connectivity index (χ3n) is 9.08. The van der Waals surface area contributed by atoms with Gasteiger partial charge in [-0.15, -0.1) is 13.2 Å². The maximum Gasteiger partial charge on any atom is 0.0669 e. The van der Waals surface area contributed by atoms with Crippen LogP contribution in [0.1, 0.15) is 53.0 Å². The van der Waals surface area contributed by atoms with Crippen LogP contribution in [0.2, 0.25) is 0 Å². The Morgan fingerprint density at radius 3 is 2.32 bits per heavy atom. The van der Waals surface area contributed by atoms with Crippen LogP contribution >= 0.6 is 0 Å². The van der Waals surface area contributed by atoms with E-state index in [1.165, 1.54) is 50.4 Å². The molecule has 0 aliphatic heterocycles. The Hall–Kier alpha value is -4.36. The van der Waals surface area contributed by atoms with Crippen LogP contribution in [0, 0.1) is 11.8 Å². The van der Waals surface area contributed by atoms with Gasteiger partial charge in [-0.1, -0.05) is 116 Å². The van der Waals surface area contributed by atoms with Gasteiger partial charge in [0.05, 0.1) is 5.41 Å². The van der Waals surface area contributed by atoms with Crippen LogP contribution in [0.15, 0.2) is 169 Å². The molecule has 4 rings (SSSR count). The molecule has 2 aliphatic carbocycles. The maximum absolute atomic E-state index is 4.54. The van der Waals surface area contributed by atoms with Crippen LogP contribution in [0.4, 0.5) is 5.69 Å². The first-order valence-electron chi connectivity index (χ1n) is 15.9. The number of hydrogen-bond donors (Lipinski definition) is 0. The fraction of sp³-hybridized carbons (Fsp3) is 0.256. The van der Waals surface area contributed by atoms with Crippen LogP contribution in [-0.2, 0) is 5.41 Å². The molecule has 0 spiro atoms. The number of anilines is 1. The van der Waals surface area contributed by atoms with Gasteiger partial charge in [-0.2, -0.15) is 0 Å². The van der Waals surface area contributed by atoms with Crippen molar-refractivity contribution in [1.82, 2.24) is 0 Å². The topological polar surface area (TPSA) is 3.24 Å². The summed E-state index contributed by atoms with van der Waals surface area (Å²) in [6.07, 6.45) is 26.6. The highest BCUT2D eigenvalue weighted by Gasteiger charge is 2.48. The Kier molecular flexibility index (Phi) is 10.7. The summed E-state index contributed by atoms with van der Waals surface area (Å²) in [4.78, 5) is 2.26. The van der Waals surface area contributed by atoms with Crippen molar-refractivity contribution < 1.29 is 0 Å². The van der Waals surface area contributed by atoms with Gasteiger partial charge in [-0.3, -0.25) is 0 Å². The van der Waals surface area contributed by atoms with E-state index in [9.17, 15) is 0 Å². The number of rotatable bonds is 13. The summed E-state index contributed by atoms with van der Waals surface area (Å²) in [5, 5.41) is 0. The standard InChI is InChI=1S/C43H49N/c1-10-18-37(13-4)43(42-30-34(42)12-3,41(31(5)6)28-23-33(8)32(7)11-2)38-20-17-19-36(29-38)35-24-26-40(27-25-35)44(9)39-21-15-14-16-22-39/h10-13,15,17-30,32,34H,2-3,5,14,16H2,1,4,6-9H3/b18-10-,33-23+,37-13+,41-28+. The van der Waals surface area contributed by atoms with Crippen molar-refractivity contribution in [2.45, 2.75) is 52.9 Å². The predicted molar refractivity (Wildman–Crippen MR) is 195 cm³/mol. The zero-order valence-electron chi connectivity index (χ0n) is 27.6. The quantitative estimate of drug-likeness (QED) is 0.168. The van der Waals surface area contributed by atoms with Crippen molar-refractivity contribution in [3.05, 3.63) is 174 Å². The van der Waals surface area contributed by atoms with Crippen LogP contribution in [0.5, 0.6) is 0 Å². The molecule has 0 radical (unpaired) electrons. The van der Waals surface area contributed by atoms with E-state index in [0.717, 1.165) is 18.4 Å². The largest absolute Gasteiger partial charge is 0.345 e. The second kappa shape index (κ2) is 14.4. The molecule has 0 saturated heterocycles. The van der Waals surface area contributed by atoms with Gasteiger partial charge in [0.15, 0.2) is 0 Å². The highest BCUT2D eigenvalue weighted by Crippen LogP contribution is 2.57. The molecule has 226 valence electrons. The van der Waals surface area contributed by atoms with Gasteiger partial charge < -0.3 is 4.90 Å². The molecule has 3 atom stereocenters. The zero-order chi connectivity index (χ0) is 31.9. The summed E-state index contributed by atoms with van der Waals surface area (Å²) in [5.41, 5.74) is 11.6. The number of hydrogen-bond acceptors (Lipinski definition) is 1. The first-order valence-corrected chi connectivity index (χ1v) is 15.9. The molecule has 0 amide bonds. The molecule has 0 bridgehead atoms. The summed E-state index contributed by atoms with van der Waals surface area (Å²) >= 11 is 0. The van der Waals surface area contributed by atoms with Gasteiger partial charge in [-0.25, -0.2) is 0 Å². The number of likely N-dealkylation sites (N-methyl/N-ethyl adjacent to an activating group) is 1. The molecule has 0 saturated carbocycles. The lowest BCUT2D eigenvalue weighted by Crippen LogP contribution is -2.32. The minimum atomic E-state index is -0.504. The molecular formula is C43H49N. The Bertz CT molecular complexity index is 1610. The van der Waals surface area contributed by atoms with Crippen molar-refractivity contribution in [3.8, 4) is 11.1 Å². The Balaban J connectivity index is 1.90. The summed E-state index contributed by atoms with van der Waals surface area (Å²) in [6, 6.07) is 18.0. The molecule has 2 aromatic rings. The summed E-state index contributed by atoms with van der Waals surface area (Å²) in [6.45, 7) is 23.5. The SMILES string of the molecule is C=CC1C=C1C(C(/C=C\C)=C/C)(/C(=C/C=C(\C)C(C)C=C)C(=C)C)c1cccc(-c2ccc(N(C)C3=CCCC=C3)cc2)c1. The smallest absolute Gasteiger partial charge is 0.0669 e. The molecule has 2 aliphatic rings. The van der Waals surface area contributed by atoms with Crippen molar-refractivity contribution in [1.29, 1.82) is 0 Å². The van der Waals surface area contributed by atoms with Crippen molar-refractivity contribution in [2.75, 3.05) is 11.9 Å². The lowest BCUT2D eigenvalue weighted by Gasteiger charge is -2.39. The van der Waals surface area contributed by atoms with E-state index in [2.05, 4.69) is 176 Å². The van der Waals surface area contributed by atoms with Crippen LogP contribution in [-0.4, -0.2) is 7.05 Å². The molecule has 0 fully saturated rings. The zero-order valence-corrected chi connectivity index (χ0v) is 27.6. The molecule has 0 N–H and O–H groups in total. The van der Waals surface area contributed by atoms with E-state index in [1.54, 1.807) is 0 Å². The Labute approximate surface area is 267 Å². The first kappa shape index (κ1) is 32.6. The minimum absolute atomic E-state index is 0.233. The molecule has 2 aromatic carbocycles. The molecule has 1 nitrogen and oxygen atoms in total. The molecule has 44 heavy (non-hydrogen) atoms.